The van der Waals surface area contributed by atoms with Crippen LogP contribution in [-0.4, -0.2) is 42.6 Å². The summed E-state index contributed by atoms with van der Waals surface area (Å²) in [4.78, 5) is 38.2. The molecule has 2 aromatic carbocycles. The smallest absolute Gasteiger partial charge is 0.271 e. The van der Waals surface area contributed by atoms with Crippen LogP contribution in [0.1, 0.15) is 19.3 Å². The number of carbonyl (C=O) groups excluding carboxylic acids is 3. The van der Waals surface area contributed by atoms with Gasteiger partial charge in [0.2, 0.25) is 11.8 Å². The molecule has 0 saturated carbocycles. The maximum absolute atomic E-state index is 13.2. The SMILES string of the molecule is NC(=O)C1CCN(c2ccc(NC(=O)C3=NN(c4ccc(F)cc4)C(C(N)=O)C3)cc2)CC1. The predicted molar refractivity (Wildman–Crippen MR) is 123 cm³/mol. The van der Waals surface area contributed by atoms with Crippen molar-refractivity contribution in [1.82, 2.24) is 0 Å². The molecule has 2 aliphatic heterocycles. The van der Waals surface area contributed by atoms with Gasteiger partial charge in [-0.15, -0.1) is 0 Å². The van der Waals surface area contributed by atoms with Crippen LogP contribution in [0.15, 0.2) is 53.6 Å². The maximum Gasteiger partial charge on any atom is 0.271 e. The predicted octanol–water partition coefficient (Wildman–Crippen LogP) is 1.59. The number of anilines is 3. The second-order valence-electron chi connectivity index (χ2n) is 8.15. The Bertz CT molecular complexity index is 1080. The highest BCUT2D eigenvalue weighted by Gasteiger charge is 2.35. The van der Waals surface area contributed by atoms with Crippen molar-refractivity contribution in [2.24, 2.45) is 22.5 Å². The van der Waals surface area contributed by atoms with E-state index in [9.17, 15) is 18.8 Å². The lowest BCUT2D eigenvalue weighted by atomic mass is 9.96. The van der Waals surface area contributed by atoms with Crippen LogP contribution < -0.4 is 26.7 Å². The molecule has 4 rings (SSSR count). The second kappa shape index (κ2) is 9.27. The zero-order chi connectivity index (χ0) is 23.5. The van der Waals surface area contributed by atoms with E-state index < -0.39 is 23.7 Å². The topological polar surface area (TPSA) is 134 Å². The first-order chi connectivity index (χ1) is 15.8. The van der Waals surface area contributed by atoms with Gasteiger partial charge in [0.25, 0.3) is 5.91 Å². The van der Waals surface area contributed by atoms with Gasteiger partial charge in [-0.05, 0) is 61.4 Å². The molecular formula is C23H25FN6O3. The Morgan fingerprint density at radius 1 is 0.909 bits per heavy atom. The molecule has 2 aromatic rings. The van der Waals surface area contributed by atoms with Crippen LogP contribution in [0.2, 0.25) is 0 Å². The summed E-state index contributed by atoms with van der Waals surface area (Å²) >= 11 is 0. The van der Waals surface area contributed by atoms with Gasteiger partial charge in [0, 0.05) is 36.8 Å². The third kappa shape index (κ3) is 4.94. The molecule has 1 unspecified atom stereocenters. The van der Waals surface area contributed by atoms with Crippen LogP contribution in [0.3, 0.4) is 0 Å². The van der Waals surface area contributed by atoms with Crippen molar-refractivity contribution in [1.29, 1.82) is 0 Å². The van der Waals surface area contributed by atoms with E-state index in [0.29, 0.717) is 11.4 Å². The summed E-state index contributed by atoms with van der Waals surface area (Å²) in [5, 5.41) is 8.40. The van der Waals surface area contributed by atoms with Crippen molar-refractivity contribution in [3.63, 3.8) is 0 Å². The minimum Gasteiger partial charge on any atom is -0.371 e. The quantitative estimate of drug-likeness (QED) is 0.612. The number of nitrogens with two attached hydrogens (primary N) is 2. The molecule has 172 valence electrons. The van der Waals surface area contributed by atoms with E-state index in [-0.39, 0.29) is 24.0 Å². The molecule has 2 aliphatic rings. The Morgan fingerprint density at radius 3 is 2.09 bits per heavy atom. The van der Waals surface area contributed by atoms with Crippen LogP contribution in [0.25, 0.3) is 0 Å². The average molecular weight is 452 g/mol. The van der Waals surface area contributed by atoms with Gasteiger partial charge in [-0.25, -0.2) is 4.39 Å². The molecule has 0 radical (unpaired) electrons. The van der Waals surface area contributed by atoms with Crippen molar-refractivity contribution in [2.45, 2.75) is 25.3 Å². The van der Waals surface area contributed by atoms with Gasteiger partial charge in [0.05, 0.1) is 5.69 Å². The molecule has 10 heteroatoms. The van der Waals surface area contributed by atoms with Crippen molar-refractivity contribution in [2.75, 3.05) is 28.3 Å². The van der Waals surface area contributed by atoms with Crippen LogP contribution in [0.4, 0.5) is 21.5 Å². The third-order valence-electron chi connectivity index (χ3n) is 5.98. The summed E-state index contributed by atoms with van der Waals surface area (Å²) < 4.78 is 13.2. The molecule has 2 heterocycles. The van der Waals surface area contributed by atoms with Crippen LogP contribution >= 0.6 is 0 Å². The molecule has 0 aromatic heterocycles. The van der Waals surface area contributed by atoms with E-state index in [2.05, 4.69) is 15.3 Å². The van der Waals surface area contributed by atoms with E-state index >= 15 is 0 Å². The van der Waals surface area contributed by atoms with Crippen LogP contribution in [-0.2, 0) is 14.4 Å². The van der Waals surface area contributed by atoms with E-state index in [1.807, 2.05) is 12.1 Å². The number of hydrazone groups is 1. The number of amides is 3. The number of benzene rings is 2. The lowest BCUT2D eigenvalue weighted by molar-refractivity contribution is -0.122. The van der Waals surface area contributed by atoms with Gasteiger partial charge in [0.1, 0.15) is 17.6 Å². The van der Waals surface area contributed by atoms with Gasteiger partial charge in [0.15, 0.2) is 0 Å². The Balaban J connectivity index is 1.41. The fourth-order valence-electron chi connectivity index (χ4n) is 4.08. The van der Waals surface area contributed by atoms with Gasteiger partial charge in [-0.2, -0.15) is 5.10 Å². The Morgan fingerprint density at radius 2 is 1.52 bits per heavy atom. The molecule has 3 amide bonds. The standard InChI is InChI=1S/C23H25FN6O3/c24-15-1-5-18(6-2-15)30-20(22(26)32)13-19(28-30)23(33)27-16-3-7-17(8-4-16)29-11-9-14(10-12-29)21(25)31/h1-8,14,20H,9-13H2,(H2,25,31)(H2,26,32)(H,27,33). The molecule has 1 fully saturated rings. The van der Waals surface area contributed by atoms with Crippen LogP contribution in [0, 0.1) is 11.7 Å². The number of nitrogens with zero attached hydrogens (tertiary/aromatic N) is 3. The summed E-state index contributed by atoms with van der Waals surface area (Å²) in [6, 6.07) is 12.0. The number of carbonyl (C=O) groups is 3. The fraction of sp³-hybridized carbons (Fsp3) is 0.304. The number of piperidine rings is 1. The fourth-order valence-corrected chi connectivity index (χ4v) is 4.08. The molecule has 0 spiro atoms. The minimum atomic E-state index is -0.832. The van der Waals surface area contributed by atoms with Gasteiger partial charge >= 0.3 is 0 Å². The molecule has 5 N–H and O–H groups in total. The number of primary amides is 2. The Hall–Kier alpha value is -3.95. The average Bonchev–Trinajstić information content (AvgIpc) is 3.26. The van der Waals surface area contributed by atoms with E-state index in [0.717, 1.165) is 31.6 Å². The van der Waals surface area contributed by atoms with E-state index in [1.54, 1.807) is 12.1 Å². The molecular weight excluding hydrogens is 427 g/mol. The Labute approximate surface area is 190 Å². The molecule has 1 atom stereocenters. The second-order valence-corrected chi connectivity index (χ2v) is 8.15. The van der Waals surface area contributed by atoms with Crippen molar-refractivity contribution in [3.8, 4) is 0 Å². The minimum absolute atomic E-state index is 0.0471. The molecule has 0 bridgehead atoms. The van der Waals surface area contributed by atoms with E-state index in [1.165, 1.54) is 29.3 Å². The largest absolute Gasteiger partial charge is 0.371 e. The zero-order valence-corrected chi connectivity index (χ0v) is 17.9. The van der Waals surface area contributed by atoms with Crippen molar-refractivity contribution in [3.05, 3.63) is 54.3 Å². The molecule has 0 aliphatic carbocycles. The summed E-state index contributed by atoms with van der Waals surface area (Å²) in [6.45, 7) is 1.48. The number of hydrogen-bond acceptors (Lipinski definition) is 6. The highest BCUT2D eigenvalue weighted by Crippen LogP contribution is 2.27. The Kier molecular flexibility index (Phi) is 6.25. The van der Waals surface area contributed by atoms with Gasteiger partial charge in [-0.1, -0.05) is 0 Å². The number of nitrogens with one attached hydrogen (secondary N) is 1. The highest BCUT2D eigenvalue weighted by molar-refractivity contribution is 6.44. The lowest BCUT2D eigenvalue weighted by Gasteiger charge is -2.32. The number of rotatable bonds is 6. The highest BCUT2D eigenvalue weighted by atomic mass is 19.1. The first kappa shape index (κ1) is 22.3. The summed E-state index contributed by atoms with van der Waals surface area (Å²) in [6.07, 6.45) is 1.49. The summed E-state index contributed by atoms with van der Waals surface area (Å²) in [5.41, 5.74) is 13.1. The lowest BCUT2D eigenvalue weighted by Crippen LogP contribution is -2.39. The molecule has 9 nitrogen and oxygen atoms in total. The normalized spacial score (nSPS) is 18.7. The van der Waals surface area contributed by atoms with Crippen molar-refractivity contribution < 1.29 is 18.8 Å². The van der Waals surface area contributed by atoms with Crippen LogP contribution in [0.5, 0.6) is 0 Å². The molecule has 33 heavy (non-hydrogen) atoms. The first-order valence-electron chi connectivity index (χ1n) is 10.7. The van der Waals surface area contributed by atoms with Gasteiger partial charge < -0.3 is 21.7 Å². The van der Waals surface area contributed by atoms with Gasteiger partial charge in [-0.3, -0.25) is 19.4 Å². The monoisotopic (exact) mass is 452 g/mol. The third-order valence-corrected chi connectivity index (χ3v) is 5.98. The first-order valence-corrected chi connectivity index (χ1v) is 10.7. The number of hydrogen-bond donors (Lipinski definition) is 3. The molecule has 1 saturated heterocycles. The summed E-state index contributed by atoms with van der Waals surface area (Å²) in [5.74, 6) is -1.82. The van der Waals surface area contributed by atoms with Crippen molar-refractivity contribution >= 4 is 40.5 Å². The van der Waals surface area contributed by atoms with E-state index in [4.69, 9.17) is 11.5 Å². The zero-order valence-electron chi connectivity index (χ0n) is 17.9. The number of halogens is 1. The summed E-state index contributed by atoms with van der Waals surface area (Å²) in [7, 11) is 0. The maximum atomic E-state index is 13.2.